The van der Waals surface area contributed by atoms with E-state index in [9.17, 15) is 0 Å². The van der Waals surface area contributed by atoms with E-state index < -0.39 is 0 Å². The number of hydrogen-bond donors (Lipinski definition) is 0. The molecule has 1 aliphatic rings. The van der Waals surface area contributed by atoms with Crippen molar-refractivity contribution in [1.29, 1.82) is 0 Å². The summed E-state index contributed by atoms with van der Waals surface area (Å²) in [4.78, 5) is 7.19. The fourth-order valence-electron chi connectivity index (χ4n) is 3.47. The molecule has 1 aliphatic heterocycles. The second-order valence-electron chi connectivity index (χ2n) is 7.40. The van der Waals surface area contributed by atoms with Gasteiger partial charge in [0.2, 0.25) is 0 Å². The zero-order chi connectivity index (χ0) is 18.5. The highest BCUT2D eigenvalue weighted by Gasteiger charge is 2.17. The molecule has 0 unspecified atom stereocenters. The number of hydrogen-bond acceptors (Lipinski definition) is 3. The predicted octanol–water partition coefficient (Wildman–Crippen LogP) is 4.20. The van der Waals surface area contributed by atoms with E-state index in [2.05, 4.69) is 97.3 Å². The first kappa shape index (κ1) is 18.5. The van der Waals surface area contributed by atoms with Gasteiger partial charge in [0.1, 0.15) is 0 Å². The maximum absolute atomic E-state index is 2.53. The molecular formula is C23H31N3. The van der Waals surface area contributed by atoms with E-state index >= 15 is 0 Å². The number of aryl methyl sites for hydroxylation is 1. The summed E-state index contributed by atoms with van der Waals surface area (Å²) >= 11 is 0. The lowest BCUT2D eigenvalue weighted by Crippen LogP contribution is -2.46. The van der Waals surface area contributed by atoms with Crippen molar-refractivity contribution >= 4 is 17.5 Å². The van der Waals surface area contributed by atoms with Gasteiger partial charge in [-0.3, -0.25) is 4.90 Å². The van der Waals surface area contributed by atoms with Gasteiger partial charge in [-0.1, -0.05) is 36.4 Å². The topological polar surface area (TPSA) is 9.72 Å². The average Bonchev–Trinajstić information content (AvgIpc) is 2.65. The van der Waals surface area contributed by atoms with Gasteiger partial charge in [0.05, 0.1) is 0 Å². The first-order valence-corrected chi connectivity index (χ1v) is 9.52. The van der Waals surface area contributed by atoms with Crippen LogP contribution in [0.2, 0.25) is 0 Å². The Kier molecular flexibility index (Phi) is 6.00. The molecule has 0 N–H and O–H groups in total. The van der Waals surface area contributed by atoms with Crippen molar-refractivity contribution < 1.29 is 0 Å². The fraction of sp³-hybridized carbons (Fsp3) is 0.391. The molecule has 26 heavy (non-hydrogen) atoms. The molecule has 0 spiro atoms. The van der Waals surface area contributed by atoms with Gasteiger partial charge >= 0.3 is 0 Å². The largest absolute Gasteiger partial charge is 0.378 e. The molecule has 3 heteroatoms. The summed E-state index contributed by atoms with van der Waals surface area (Å²) in [7, 11) is 4.14. The molecule has 2 aromatic rings. The number of anilines is 2. The lowest BCUT2D eigenvalue weighted by molar-refractivity contribution is 0.284. The molecule has 0 amide bonds. The van der Waals surface area contributed by atoms with Crippen LogP contribution in [0.3, 0.4) is 0 Å². The van der Waals surface area contributed by atoms with Crippen LogP contribution in [0, 0.1) is 13.8 Å². The van der Waals surface area contributed by atoms with Crippen molar-refractivity contribution in [3.05, 3.63) is 65.2 Å². The molecule has 1 fully saturated rings. The molecule has 1 heterocycles. The molecule has 0 radical (unpaired) electrons. The number of nitrogens with zero attached hydrogens (tertiary/aromatic N) is 3. The summed E-state index contributed by atoms with van der Waals surface area (Å²) in [5.74, 6) is 0. The minimum atomic E-state index is 1.02. The monoisotopic (exact) mass is 349 g/mol. The number of piperazine rings is 1. The van der Waals surface area contributed by atoms with Crippen molar-refractivity contribution in [2.24, 2.45) is 0 Å². The zero-order valence-electron chi connectivity index (χ0n) is 16.6. The van der Waals surface area contributed by atoms with E-state index in [-0.39, 0.29) is 0 Å². The summed E-state index contributed by atoms with van der Waals surface area (Å²) in [5, 5.41) is 0. The lowest BCUT2D eigenvalue weighted by Gasteiger charge is -2.36. The smallest absolute Gasteiger partial charge is 0.0399 e. The van der Waals surface area contributed by atoms with Crippen LogP contribution in [0.25, 0.3) is 6.08 Å². The van der Waals surface area contributed by atoms with Gasteiger partial charge < -0.3 is 9.80 Å². The second kappa shape index (κ2) is 8.41. The molecule has 3 nitrogen and oxygen atoms in total. The SMILES string of the molecule is Cc1cccc(N2CCN(CC=Cc3ccc(N(C)C)cc3)CC2)c1C. The normalized spacial score (nSPS) is 15.6. The standard InChI is InChI=1S/C23H31N3/c1-19-7-5-9-23(20(19)2)26-17-15-25(16-18-26)14-6-8-21-10-12-22(13-11-21)24(3)4/h5-13H,14-18H2,1-4H3. The third kappa shape index (κ3) is 4.47. The van der Waals surface area contributed by atoms with Crippen LogP contribution >= 0.6 is 0 Å². The summed E-state index contributed by atoms with van der Waals surface area (Å²) in [6.07, 6.45) is 4.52. The molecule has 138 valence electrons. The van der Waals surface area contributed by atoms with Crippen molar-refractivity contribution in [2.45, 2.75) is 13.8 Å². The van der Waals surface area contributed by atoms with Crippen molar-refractivity contribution in [3.63, 3.8) is 0 Å². The first-order chi connectivity index (χ1) is 12.5. The summed E-state index contributed by atoms with van der Waals surface area (Å²) in [6.45, 7) is 9.92. The molecule has 0 aliphatic carbocycles. The van der Waals surface area contributed by atoms with Crippen LogP contribution in [0.1, 0.15) is 16.7 Å². The van der Waals surface area contributed by atoms with E-state index in [0.29, 0.717) is 0 Å². The Morgan fingerprint density at radius 2 is 1.62 bits per heavy atom. The van der Waals surface area contributed by atoms with Crippen LogP contribution in [-0.2, 0) is 0 Å². The van der Waals surface area contributed by atoms with E-state index in [0.717, 1.165) is 32.7 Å². The molecule has 1 saturated heterocycles. The number of rotatable bonds is 5. The van der Waals surface area contributed by atoms with Gasteiger partial charge in [-0.25, -0.2) is 0 Å². The number of benzene rings is 2. The van der Waals surface area contributed by atoms with Gasteiger partial charge in [0, 0.05) is 58.2 Å². The minimum Gasteiger partial charge on any atom is -0.378 e. The van der Waals surface area contributed by atoms with Crippen LogP contribution in [0.5, 0.6) is 0 Å². The van der Waals surface area contributed by atoms with Gasteiger partial charge in [0.25, 0.3) is 0 Å². The first-order valence-electron chi connectivity index (χ1n) is 9.52. The van der Waals surface area contributed by atoms with Crippen molar-refractivity contribution in [2.75, 3.05) is 56.6 Å². The highest BCUT2D eigenvalue weighted by molar-refractivity contribution is 5.57. The lowest BCUT2D eigenvalue weighted by atomic mass is 10.1. The Morgan fingerprint density at radius 3 is 2.27 bits per heavy atom. The summed E-state index contributed by atoms with van der Waals surface area (Å²) in [6, 6.07) is 15.3. The molecular weight excluding hydrogens is 318 g/mol. The highest BCUT2D eigenvalue weighted by atomic mass is 15.3. The third-order valence-electron chi connectivity index (χ3n) is 5.37. The van der Waals surface area contributed by atoms with Gasteiger partial charge in [0.15, 0.2) is 0 Å². The van der Waals surface area contributed by atoms with Gasteiger partial charge in [-0.05, 0) is 48.7 Å². The predicted molar refractivity (Wildman–Crippen MR) is 114 cm³/mol. The zero-order valence-corrected chi connectivity index (χ0v) is 16.6. The third-order valence-corrected chi connectivity index (χ3v) is 5.37. The Morgan fingerprint density at radius 1 is 0.923 bits per heavy atom. The van der Waals surface area contributed by atoms with E-state index in [1.54, 1.807) is 0 Å². The quantitative estimate of drug-likeness (QED) is 0.801. The molecule has 0 aromatic heterocycles. The summed E-state index contributed by atoms with van der Waals surface area (Å²) in [5.41, 5.74) is 6.71. The maximum atomic E-state index is 2.53. The molecule has 3 rings (SSSR count). The van der Waals surface area contributed by atoms with Crippen molar-refractivity contribution in [3.8, 4) is 0 Å². The Labute approximate surface area is 158 Å². The average molecular weight is 350 g/mol. The maximum Gasteiger partial charge on any atom is 0.0399 e. The van der Waals surface area contributed by atoms with Crippen LogP contribution in [0.15, 0.2) is 48.5 Å². The Balaban J connectivity index is 1.50. The van der Waals surface area contributed by atoms with Crippen LogP contribution in [-0.4, -0.2) is 51.7 Å². The summed E-state index contributed by atoms with van der Waals surface area (Å²) < 4.78 is 0. The molecule has 0 saturated carbocycles. The Hall–Kier alpha value is -2.26. The molecule has 0 atom stereocenters. The minimum absolute atomic E-state index is 1.02. The van der Waals surface area contributed by atoms with Crippen LogP contribution in [0.4, 0.5) is 11.4 Å². The van der Waals surface area contributed by atoms with E-state index in [1.165, 1.54) is 28.1 Å². The highest BCUT2D eigenvalue weighted by Crippen LogP contribution is 2.23. The molecule has 2 aromatic carbocycles. The van der Waals surface area contributed by atoms with Crippen molar-refractivity contribution in [1.82, 2.24) is 4.90 Å². The second-order valence-corrected chi connectivity index (χ2v) is 7.40. The van der Waals surface area contributed by atoms with E-state index in [4.69, 9.17) is 0 Å². The Bertz CT molecular complexity index is 739. The van der Waals surface area contributed by atoms with Gasteiger partial charge in [-0.15, -0.1) is 0 Å². The van der Waals surface area contributed by atoms with Gasteiger partial charge in [-0.2, -0.15) is 0 Å². The fourth-order valence-corrected chi connectivity index (χ4v) is 3.47. The van der Waals surface area contributed by atoms with E-state index in [1.807, 2.05) is 0 Å². The van der Waals surface area contributed by atoms with Crippen LogP contribution < -0.4 is 9.80 Å². The molecule has 0 bridgehead atoms.